The van der Waals surface area contributed by atoms with Crippen LogP contribution in [0.5, 0.6) is 0 Å². The Morgan fingerprint density at radius 2 is 0.860 bits per heavy atom. The summed E-state index contributed by atoms with van der Waals surface area (Å²) in [5.74, 6) is 1.93. The molecule has 9 aromatic rings. The predicted molar refractivity (Wildman–Crippen MR) is 210 cm³/mol. The molecule has 2 aromatic heterocycles. The van der Waals surface area contributed by atoms with E-state index < -0.39 is 0 Å². The maximum Gasteiger partial charge on any atom is 0.164 e. The number of nitrogens with zero attached hydrogens (tertiary/aromatic N) is 3. The lowest BCUT2D eigenvalue weighted by atomic mass is 10.0. The molecule has 236 valence electrons. The van der Waals surface area contributed by atoms with Gasteiger partial charge in [-0.2, -0.15) is 0 Å². The number of aromatic nitrogens is 3. The van der Waals surface area contributed by atoms with Crippen molar-refractivity contribution in [3.05, 3.63) is 175 Å². The van der Waals surface area contributed by atoms with E-state index in [4.69, 9.17) is 15.0 Å². The molecule has 0 unspecified atom stereocenters. The van der Waals surface area contributed by atoms with Crippen molar-refractivity contribution in [3.63, 3.8) is 0 Å². The van der Waals surface area contributed by atoms with Crippen molar-refractivity contribution in [2.75, 3.05) is 0 Å². The van der Waals surface area contributed by atoms with Crippen LogP contribution in [0.2, 0.25) is 0 Å². The molecule has 0 radical (unpaired) electrons. The minimum atomic E-state index is 0.643. The molecule has 0 aliphatic rings. The molecule has 0 aliphatic heterocycles. The standard InChI is InChI=1S/C46H31N3S/c1-30-10-7-13-36(28-30)33-22-26-35(27-23-33)45-47-44(34-24-20-32(21-25-34)31-11-3-2-4-12-31)48-46(49-45)38-15-8-14-37(29-38)39-17-9-18-41-40-16-5-6-19-42(40)50-43(39)41/h2-29H,1H3. The summed E-state index contributed by atoms with van der Waals surface area (Å²) in [5, 5.41) is 2.58. The van der Waals surface area contributed by atoms with E-state index in [0.29, 0.717) is 17.5 Å². The first-order valence-corrected chi connectivity index (χ1v) is 17.6. The number of thiophene rings is 1. The minimum Gasteiger partial charge on any atom is -0.208 e. The number of rotatable bonds is 6. The van der Waals surface area contributed by atoms with Gasteiger partial charge >= 0.3 is 0 Å². The van der Waals surface area contributed by atoms with Crippen LogP contribution in [-0.4, -0.2) is 15.0 Å². The van der Waals surface area contributed by atoms with Gasteiger partial charge < -0.3 is 0 Å². The lowest BCUT2D eigenvalue weighted by Gasteiger charge is -2.11. The molecule has 0 spiro atoms. The van der Waals surface area contributed by atoms with Crippen LogP contribution in [0.15, 0.2) is 170 Å². The summed E-state index contributed by atoms with van der Waals surface area (Å²) in [6.45, 7) is 2.12. The van der Waals surface area contributed by atoms with Crippen LogP contribution in [-0.2, 0) is 0 Å². The van der Waals surface area contributed by atoms with Gasteiger partial charge in [-0.15, -0.1) is 11.3 Å². The summed E-state index contributed by atoms with van der Waals surface area (Å²) in [7, 11) is 0. The highest BCUT2D eigenvalue weighted by atomic mass is 32.1. The lowest BCUT2D eigenvalue weighted by Crippen LogP contribution is -2.00. The van der Waals surface area contributed by atoms with Gasteiger partial charge in [0.15, 0.2) is 17.5 Å². The van der Waals surface area contributed by atoms with E-state index in [-0.39, 0.29) is 0 Å². The maximum absolute atomic E-state index is 5.09. The average molecular weight is 658 g/mol. The highest BCUT2D eigenvalue weighted by molar-refractivity contribution is 7.26. The summed E-state index contributed by atoms with van der Waals surface area (Å²) in [5.41, 5.74) is 11.1. The van der Waals surface area contributed by atoms with Gasteiger partial charge in [0.1, 0.15) is 0 Å². The molecule has 0 aliphatic carbocycles. The molecule has 9 rings (SSSR count). The fraction of sp³-hybridized carbons (Fsp3) is 0.0217. The topological polar surface area (TPSA) is 38.7 Å². The molecular formula is C46H31N3S. The maximum atomic E-state index is 5.09. The first kappa shape index (κ1) is 29.9. The molecule has 0 N–H and O–H groups in total. The van der Waals surface area contributed by atoms with Crippen LogP contribution in [0.3, 0.4) is 0 Å². The first-order valence-electron chi connectivity index (χ1n) is 16.8. The van der Waals surface area contributed by atoms with Gasteiger partial charge in [0, 0.05) is 36.9 Å². The van der Waals surface area contributed by atoms with Crippen molar-refractivity contribution in [1.29, 1.82) is 0 Å². The highest BCUT2D eigenvalue weighted by Crippen LogP contribution is 2.40. The number of aryl methyl sites for hydroxylation is 1. The van der Waals surface area contributed by atoms with E-state index in [1.165, 1.54) is 42.4 Å². The zero-order valence-electron chi connectivity index (χ0n) is 27.4. The van der Waals surface area contributed by atoms with E-state index in [1.807, 2.05) is 17.4 Å². The second kappa shape index (κ2) is 12.7. The molecular weight excluding hydrogens is 627 g/mol. The summed E-state index contributed by atoms with van der Waals surface area (Å²) >= 11 is 1.84. The third-order valence-corrected chi connectivity index (χ3v) is 10.4. The van der Waals surface area contributed by atoms with Crippen LogP contribution in [0.25, 0.3) is 87.7 Å². The zero-order valence-corrected chi connectivity index (χ0v) is 28.2. The van der Waals surface area contributed by atoms with Crippen LogP contribution in [0, 0.1) is 6.92 Å². The van der Waals surface area contributed by atoms with E-state index >= 15 is 0 Å². The Hall–Kier alpha value is -6.23. The van der Waals surface area contributed by atoms with Crippen molar-refractivity contribution >= 4 is 31.5 Å². The smallest absolute Gasteiger partial charge is 0.164 e. The monoisotopic (exact) mass is 657 g/mol. The van der Waals surface area contributed by atoms with Crippen molar-refractivity contribution in [1.82, 2.24) is 15.0 Å². The fourth-order valence-corrected chi connectivity index (χ4v) is 7.88. The Balaban J connectivity index is 1.15. The number of fused-ring (bicyclic) bond motifs is 3. The van der Waals surface area contributed by atoms with Crippen LogP contribution < -0.4 is 0 Å². The first-order chi connectivity index (χ1) is 24.7. The van der Waals surface area contributed by atoms with Crippen LogP contribution in [0.1, 0.15) is 5.56 Å². The second-order valence-corrected chi connectivity index (χ2v) is 13.6. The molecule has 0 saturated carbocycles. The third kappa shape index (κ3) is 5.66. The minimum absolute atomic E-state index is 0.643. The normalized spacial score (nSPS) is 11.3. The molecule has 0 fully saturated rings. The second-order valence-electron chi connectivity index (χ2n) is 12.6. The van der Waals surface area contributed by atoms with Gasteiger partial charge in [-0.25, -0.2) is 15.0 Å². The predicted octanol–water partition coefficient (Wildman–Crippen LogP) is 12.5. The van der Waals surface area contributed by atoms with Gasteiger partial charge in [0.05, 0.1) is 0 Å². The van der Waals surface area contributed by atoms with Crippen molar-refractivity contribution in [2.24, 2.45) is 0 Å². The van der Waals surface area contributed by atoms with Gasteiger partial charge in [0.25, 0.3) is 0 Å². The van der Waals surface area contributed by atoms with Crippen LogP contribution in [0.4, 0.5) is 0 Å². The van der Waals surface area contributed by atoms with Gasteiger partial charge in [0.2, 0.25) is 0 Å². The summed E-state index contributed by atoms with van der Waals surface area (Å²) in [4.78, 5) is 15.2. The van der Waals surface area contributed by atoms with E-state index in [2.05, 4.69) is 171 Å². The van der Waals surface area contributed by atoms with Crippen molar-refractivity contribution < 1.29 is 0 Å². The van der Waals surface area contributed by atoms with Gasteiger partial charge in [-0.05, 0) is 52.4 Å². The summed E-state index contributed by atoms with van der Waals surface area (Å²) in [6.07, 6.45) is 0. The lowest BCUT2D eigenvalue weighted by molar-refractivity contribution is 1.07. The van der Waals surface area contributed by atoms with Gasteiger partial charge in [-0.1, -0.05) is 163 Å². The van der Waals surface area contributed by atoms with E-state index in [9.17, 15) is 0 Å². The molecule has 2 heterocycles. The highest BCUT2D eigenvalue weighted by Gasteiger charge is 2.15. The molecule has 50 heavy (non-hydrogen) atoms. The summed E-state index contributed by atoms with van der Waals surface area (Å²) < 4.78 is 2.58. The Kier molecular flexibility index (Phi) is 7.57. The number of benzene rings is 7. The molecule has 4 heteroatoms. The Morgan fingerprint density at radius 3 is 1.58 bits per heavy atom. The SMILES string of the molecule is Cc1cccc(-c2ccc(-c3nc(-c4ccc(-c5ccccc5)cc4)nc(-c4cccc(-c5cccc6c5sc5ccccc56)c4)n3)cc2)c1. The number of hydrogen-bond acceptors (Lipinski definition) is 4. The summed E-state index contributed by atoms with van der Waals surface area (Å²) in [6, 6.07) is 59.8. The Bertz CT molecular complexity index is 2640. The molecule has 0 atom stereocenters. The molecule has 0 saturated heterocycles. The van der Waals surface area contributed by atoms with Crippen LogP contribution >= 0.6 is 11.3 Å². The van der Waals surface area contributed by atoms with Crippen molar-refractivity contribution in [2.45, 2.75) is 6.92 Å². The quantitative estimate of drug-likeness (QED) is 0.179. The molecule has 0 bridgehead atoms. The average Bonchev–Trinajstić information content (AvgIpc) is 3.57. The Morgan fingerprint density at radius 1 is 0.360 bits per heavy atom. The Labute approximate surface area is 295 Å². The molecule has 0 amide bonds. The largest absolute Gasteiger partial charge is 0.208 e. The van der Waals surface area contributed by atoms with Gasteiger partial charge in [-0.3, -0.25) is 0 Å². The fourth-order valence-electron chi connectivity index (χ4n) is 6.64. The molecule has 7 aromatic carbocycles. The zero-order chi connectivity index (χ0) is 33.4. The van der Waals surface area contributed by atoms with E-state index in [0.717, 1.165) is 33.4 Å². The van der Waals surface area contributed by atoms with Crippen molar-refractivity contribution in [3.8, 4) is 67.5 Å². The number of hydrogen-bond donors (Lipinski definition) is 0. The molecule has 3 nitrogen and oxygen atoms in total. The van der Waals surface area contributed by atoms with E-state index in [1.54, 1.807) is 0 Å². The third-order valence-electron chi connectivity index (χ3n) is 9.22.